The summed E-state index contributed by atoms with van der Waals surface area (Å²) in [5, 5.41) is 2.92. The summed E-state index contributed by atoms with van der Waals surface area (Å²) in [4.78, 5) is 20.4. The highest BCUT2D eigenvalue weighted by molar-refractivity contribution is 8.01. The van der Waals surface area contributed by atoms with Crippen LogP contribution in [0.15, 0.2) is 47.5 Å². The first-order chi connectivity index (χ1) is 11.8. The molecule has 1 amide bonds. The summed E-state index contributed by atoms with van der Waals surface area (Å²) in [6.45, 7) is 3.19. The van der Waals surface area contributed by atoms with Crippen molar-refractivity contribution >= 4 is 29.2 Å². The van der Waals surface area contributed by atoms with Crippen molar-refractivity contribution in [3.8, 4) is 0 Å². The van der Waals surface area contributed by atoms with E-state index in [2.05, 4.69) is 27.3 Å². The van der Waals surface area contributed by atoms with Gasteiger partial charge in [0.15, 0.2) is 0 Å². The summed E-state index contributed by atoms with van der Waals surface area (Å²) >= 11 is 1.63. The van der Waals surface area contributed by atoms with Gasteiger partial charge in [-0.05, 0) is 30.2 Å². The van der Waals surface area contributed by atoms with Crippen LogP contribution in [0.1, 0.15) is 5.56 Å². The minimum absolute atomic E-state index is 0.0390. The number of carbonyl (C=O) groups excluding carboxylic acids is 1. The zero-order valence-electron chi connectivity index (χ0n) is 13.3. The highest BCUT2D eigenvalue weighted by Gasteiger charge is 2.28. The normalized spacial score (nSPS) is 19.8. The fourth-order valence-corrected chi connectivity index (χ4v) is 4.19. The maximum absolute atomic E-state index is 12.5. The zero-order chi connectivity index (χ0) is 16.4. The molecule has 2 aliphatic rings. The van der Waals surface area contributed by atoms with Crippen LogP contribution in [-0.4, -0.2) is 42.4 Å². The molecule has 1 aromatic carbocycles. The minimum Gasteiger partial charge on any atom is -0.378 e. The Hall–Kier alpha value is -2.05. The van der Waals surface area contributed by atoms with E-state index < -0.39 is 0 Å². The average Bonchev–Trinajstić information content (AvgIpc) is 3.07. The summed E-state index contributed by atoms with van der Waals surface area (Å²) in [5.74, 6) is 0.969. The predicted octanol–water partition coefficient (Wildman–Crippen LogP) is 2.57. The summed E-state index contributed by atoms with van der Waals surface area (Å²) in [7, 11) is 0. The highest BCUT2D eigenvalue weighted by Crippen LogP contribution is 2.37. The molecule has 6 heteroatoms. The lowest BCUT2D eigenvalue weighted by Gasteiger charge is -2.27. The topological polar surface area (TPSA) is 54.5 Å². The lowest BCUT2D eigenvalue weighted by Crippen LogP contribution is -2.36. The Balaban J connectivity index is 1.38. The van der Waals surface area contributed by atoms with Crippen LogP contribution in [0.25, 0.3) is 0 Å². The Morgan fingerprint density at radius 3 is 2.79 bits per heavy atom. The number of ether oxygens (including phenoxy) is 1. The van der Waals surface area contributed by atoms with Crippen molar-refractivity contribution in [2.75, 3.05) is 36.5 Å². The molecule has 0 radical (unpaired) electrons. The zero-order valence-corrected chi connectivity index (χ0v) is 14.1. The minimum atomic E-state index is -0.0682. The first-order valence-electron chi connectivity index (χ1n) is 8.14. The van der Waals surface area contributed by atoms with Crippen LogP contribution < -0.4 is 10.2 Å². The van der Waals surface area contributed by atoms with E-state index in [1.807, 2.05) is 24.3 Å². The molecule has 1 saturated heterocycles. The number of fused-ring (bicyclic) bond motifs is 1. The molecule has 1 atom stereocenters. The molecular formula is C18H19N3O2S. The number of nitrogens with zero attached hydrogens (tertiary/aromatic N) is 2. The SMILES string of the molecule is O=C(Nc1ccc(N2CCOCC2)nc1)[C@H]1Cc2ccccc2S1. The van der Waals surface area contributed by atoms with Crippen LogP contribution in [0, 0.1) is 0 Å². The molecule has 1 aromatic heterocycles. The smallest absolute Gasteiger partial charge is 0.238 e. The lowest BCUT2D eigenvalue weighted by molar-refractivity contribution is -0.115. The fourth-order valence-electron chi connectivity index (χ4n) is 2.99. The van der Waals surface area contributed by atoms with Crippen LogP contribution in [0.5, 0.6) is 0 Å². The summed E-state index contributed by atoms with van der Waals surface area (Å²) in [6.07, 6.45) is 2.52. The highest BCUT2D eigenvalue weighted by atomic mass is 32.2. The van der Waals surface area contributed by atoms with Gasteiger partial charge >= 0.3 is 0 Å². The quantitative estimate of drug-likeness (QED) is 0.930. The number of benzene rings is 1. The number of amides is 1. The third-order valence-electron chi connectivity index (χ3n) is 4.29. The number of thioether (sulfide) groups is 1. The summed E-state index contributed by atoms with van der Waals surface area (Å²) in [5.41, 5.74) is 2.00. The maximum Gasteiger partial charge on any atom is 0.238 e. The second-order valence-electron chi connectivity index (χ2n) is 5.91. The van der Waals surface area contributed by atoms with Gasteiger partial charge in [-0.1, -0.05) is 18.2 Å². The van der Waals surface area contributed by atoms with Gasteiger partial charge in [0.05, 0.1) is 30.3 Å². The Bertz CT molecular complexity index is 704. The number of carbonyl (C=O) groups is 1. The van der Waals surface area contributed by atoms with E-state index in [-0.39, 0.29) is 11.2 Å². The number of pyridine rings is 1. The average molecular weight is 341 g/mol. The largest absolute Gasteiger partial charge is 0.378 e. The van der Waals surface area contributed by atoms with Gasteiger partial charge in [-0.25, -0.2) is 4.98 Å². The first-order valence-corrected chi connectivity index (χ1v) is 9.02. The van der Waals surface area contributed by atoms with Gasteiger partial charge in [0.2, 0.25) is 5.91 Å². The van der Waals surface area contributed by atoms with Gasteiger partial charge in [-0.15, -0.1) is 11.8 Å². The van der Waals surface area contributed by atoms with Crippen molar-refractivity contribution < 1.29 is 9.53 Å². The van der Waals surface area contributed by atoms with E-state index in [4.69, 9.17) is 4.74 Å². The fraction of sp³-hybridized carbons (Fsp3) is 0.333. The number of hydrogen-bond donors (Lipinski definition) is 1. The summed E-state index contributed by atoms with van der Waals surface area (Å²) < 4.78 is 5.35. The van der Waals surface area contributed by atoms with Gasteiger partial charge in [-0.3, -0.25) is 4.79 Å². The molecule has 24 heavy (non-hydrogen) atoms. The Kier molecular flexibility index (Phi) is 4.40. The molecule has 0 bridgehead atoms. The molecule has 5 nitrogen and oxygen atoms in total. The number of hydrogen-bond acceptors (Lipinski definition) is 5. The lowest BCUT2D eigenvalue weighted by atomic mass is 10.1. The third kappa shape index (κ3) is 3.25. The molecule has 3 heterocycles. The number of anilines is 2. The van der Waals surface area contributed by atoms with Crippen LogP contribution in [0.3, 0.4) is 0 Å². The van der Waals surface area contributed by atoms with Crippen molar-refractivity contribution in [1.82, 2.24) is 4.98 Å². The van der Waals surface area contributed by atoms with Gasteiger partial charge in [0, 0.05) is 18.0 Å². The molecule has 2 aliphatic heterocycles. The van der Waals surface area contributed by atoms with Crippen molar-refractivity contribution in [2.45, 2.75) is 16.6 Å². The van der Waals surface area contributed by atoms with Crippen molar-refractivity contribution in [3.05, 3.63) is 48.2 Å². The number of aromatic nitrogens is 1. The third-order valence-corrected chi connectivity index (χ3v) is 5.61. The molecule has 4 rings (SSSR count). The molecule has 1 fully saturated rings. The van der Waals surface area contributed by atoms with Crippen LogP contribution in [0.2, 0.25) is 0 Å². The molecule has 0 aliphatic carbocycles. The number of rotatable bonds is 3. The van der Waals surface area contributed by atoms with Crippen molar-refractivity contribution in [2.24, 2.45) is 0 Å². The van der Waals surface area contributed by atoms with E-state index in [1.165, 1.54) is 10.5 Å². The maximum atomic E-state index is 12.5. The van der Waals surface area contributed by atoms with Crippen molar-refractivity contribution in [3.63, 3.8) is 0 Å². The molecule has 0 spiro atoms. The van der Waals surface area contributed by atoms with E-state index in [9.17, 15) is 4.79 Å². The van der Waals surface area contributed by atoms with Gasteiger partial charge < -0.3 is 15.0 Å². The van der Waals surface area contributed by atoms with E-state index >= 15 is 0 Å². The van der Waals surface area contributed by atoms with Gasteiger partial charge in [-0.2, -0.15) is 0 Å². The van der Waals surface area contributed by atoms with E-state index in [1.54, 1.807) is 18.0 Å². The van der Waals surface area contributed by atoms with E-state index in [0.29, 0.717) is 0 Å². The van der Waals surface area contributed by atoms with Crippen LogP contribution >= 0.6 is 11.8 Å². The van der Waals surface area contributed by atoms with E-state index in [0.717, 1.165) is 44.2 Å². The van der Waals surface area contributed by atoms with Gasteiger partial charge in [0.25, 0.3) is 0 Å². The second-order valence-corrected chi connectivity index (χ2v) is 7.16. The number of nitrogens with one attached hydrogen (secondary N) is 1. The molecule has 1 N–H and O–H groups in total. The van der Waals surface area contributed by atoms with Crippen molar-refractivity contribution in [1.29, 1.82) is 0 Å². The molecule has 124 valence electrons. The van der Waals surface area contributed by atoms with Crippen LogP contribution in [0.4, 0.5) is 11.5 Å². The number of morpholine rings is 1. The monoisotopic (exact) mass is 341 g/mol. The van der Waals surface area contributed by atoms with Crippen LogP contribution in [-0.2, 0) is 16.0 Å². The second kappa shape index (κ2) is 6.83. The molecule has 2 aromatic rings. The molecule has 0 saturated carbocycles. The Morgan fingerprint density at radius 2 is 2.04 bits per heavy atom. The first kappa shape index (κ1) is 15.5. The molecular weight excluding hydrogens is 322 g/mol. The Morgan fingerprint density at radius 1 is 1.21 bits per heavy atom. The molecule has 0 unspecified atom stereocenters. The Labute approximate surface area is 145 Å². The summed E-state index contributed by atoms with van der Waals surface area (Å²) in [6, 6.07) is 12.1. The predicted molar refractivity (Wildman–Crippen MR) is 95.7 cm³/mol. The standard InChI is InChI=1S/C18H19N3O2S/c22-18(16-11-13-3-1-2-4-15(13)24-16)20-14-5-6-17(19-12-14)21-7-9-23-10-8-21/h1-6,12,16H,7-11H2,(H,20,22)/t16-/m1/s1. The van der Waals surface area contributed by atoms with Gasteiger partial charge in [0.1, 0.15) is 5.82 Å².